The summed E-state index contributed by atoms with van der Waals surface area (Å²) in [5, 5.41) is 3.39. The molecule has 4 heteroatoms. The van der Waals surface area contributed by atoms with Crippen molar-refractivity contribution in [3.8, 4) is 11.5 Å². The first-order valence-corrected chi connectivity index (χ1v) is 7.46. The first-order valence-electron chi connectivity index (χ1n) is 7.46. The average Bonchev–Trinajstić information content (AvgIpc) is 2.45. The molecule has 0 unspecified atom stereocenters. The number of hydrogen-bond donors (Lipinski definition) is 1. The number of benzene rings is 1. The first kappa shape index (κ1) is 17.8. The van der Waals surface area contributed by atoms with Crippen molar-refractivity contribution in [1.82, 2.24) is 5.32 Å². The maximum atomic E-state index is 5.82. The normalized spacial score (nSPS) is 11.8. The van der Waals surface area contributed by atoms with Gasteiger partial charge in [-0.05, 0) is 31.5 Å². The highest BCUT2D eigenvalue weighted by Gasteiger charge is 2.16. The van der Waals surface area contributed by atoms with Gasteiger partial charge in [-0.15, -0.1) is 0 Å². The molecule has 0 heterocycles. The van der Waals surface area contributed by atoms with Crippen molar-refractivity contribution in [2.45, 2.75) is 52.3 Å². The van der Waals surface area contributed by atoms with Crippen LogP contribution in [0, 0.1) is 0 Å². The van der Waals surface area contributed by atoms with Crippen LogP contribution < -0.4 is 14.8 Å². The van der Waals surface area contributed by atoms with Crippen LogP contribution >= 0.6 is 0 Å². The maximum absolute atomic E-state index is 5.82. The summed E-state index contributed by atoms with van der Waals surface area (Å²) in [4.78, 5) is 0. The number of rotatable bonds is 9. The molecule has 0 amide bonds. The molecule has 0 saturated carbocycles. The lowest BCUT2D eigenvalue weighted by molar-refractivity contribution is 0.00525. The average molecular weight is 295 g/mol. The van der Waals surface area contributed by atoms with Gasteiger partial charge in [0, 0.05) is 26.1 Å². The molecule has 21 heavy (non-hydrogen) atoms. The smallest absolute Gasteiger partial charge is 0.161 e. The zero-order valence-electron chi connectivity index (χ0n) is 14.2. The van der Waals surface area contributed by atoms with E-state index in [1.807, 2.05) is 26.0 Å². The molecule has 4 nitrogen and oxygen atoms in total. The zero-order chi connectivity index (χ0) is 15.9. The van der Waals surface area contributed by atoms with Gasteiger partial charge >= 0.3 is 0 Å². The minimum absolute atomic E-state index is 0.172. The van der Waals surface area contributed by atoms with E-state index in [1.54, 1.807) is 14.2 Å². The van der Waals surface area contributed by atoms with Gasteiger partial charge in [0.05, 0.1) is 19.3 Å². The van der Waals surface area contributed by atoms with Crippen molar-refractivity contribution in [2.75, 3.05) is 20.8 Å². The quantitative estimate of drug-likeness (QED) is 0.758. The van der Waals surface area contributed by atoms with Gasteiger partial charge in [0.15, 0.2) is 11.5 Å². The van der Waals surface area contributed by atoms with Crippen molar-refractivity contribution < 1.29 is 14.2 Å². The van der Waals surface area contributed by atoms with Gasteiger partial charge in [0.1, 0.15) is 0 Å². The third kappa shape index (κ3) is 6.36. The molecule has 0 aromatic heterocycles. The number of nitrogens with one attached hydrogen (secondary N) is 1. The highest BCUT2D eigenvalue weighted by atomic mass is 16.5. The monoisotopic (exact) mass is 295 g/mol. The van der Waals surface area contributed by atoms with Gasteiger partial charge in [0.25, 0.3) is 0 Å². The zero-order valence-corrected chi connectivity index (χ0v) is 14.2. The molecular formula is C17H29NO3. The van der Waals surface area contributed by atoms with E-state index in [0.29, 0.717) is 12.6 Å². The fourth-order valence-electron chi connectivity index (χ4n) is 1.77. The van der Waals surface area contributed by atoms with Crippen LogP contribution in [0.1, 0.15) is 39.7 Å². The van der Waals surface area contributed by atoms with Crippen LogP contribution in [0.5, 0.6) is 11.5 Å². The molecule has 1 aromatic carbocycles. The highest BCUT2D eigenvalue weighted by Crippen LogP contribution is 2.28. The molecule has 120 valence electrons. The Labute approximate surface area is 128 Å². The van der Waals surface area contributed by atoms with Crippen LogP contribution in [0.25, 0.3) is 0 Å². The molecule has 0 aliphatic carbocycles. The van der Waals surface area contributed by atoms with E-state index < -0.39 is 0 Å². The summed E-state index contributed by atoms with van der Waals surface area (Å²) in [6.45, 7) is 9.78. The van der Waals surface area contributed by atoms with Crippen molar-refractivity contribution >= 4 is 0 Å². The van der Waals surface area contributed by atoms with Crippen molar-refractivity contribution in [1.29, 1.82) is 0 Å². The SMILES string of the molecule is COc1cc(CNC(C)C)ccc1OCCC(C)(C)OC. The molecule has 1 rings (SSSR count). The van der Waals surface area contributed by atoms with Gasteiger partial charge in [-0.1, -0.05) is 19.9 Å². The minimum atomic E-state index is -0.172. The predicted molar refractivity (Wildman–Crippen MR) is 86.2 cm³/mol. The summed E-state index contributed by atoms with van der Waals surface area (Å²) in [7, 11) is 3.39. The lowest BCUT2D eigenvalue weighted by Crippen LogP contribution is -2.25. The number of hydrogen-bond acceptors (Lipinski definition) is 4. The maximum Gasteiger partial charge on any atom is 0.161 e. The molecule has 0 saturated heterocycles. The van der Waals surface area contributed by atoms with Crippen LogP contribution in [0.3, 0.4) is 0 Å². The summed E-state index contributed by atoms with van der Waals surface area (Å²) >= 11 is 0. The molecule has 0 radical (unpaired) electrons. The first-order chi connectivity index (χ1) is 9.88. The number of methoxy groups -OCH3 is 2. The van der Waals surface area contributed by atoms with Gasteiger partial charge < -0.3 is 19.5 Å². The standard InChI is InChI=1S/C17H29NO3/c1-13(2)18-12-14-7-8-15(16(11-14)19-5)21-10-9-17(3,4)20-6/h7-8,11,13,18H,9-10,12H2,1-6H3. The van der Waals surface area contributed by atoms with E-state index in [-0.39, 0.29) is 5.60 Å². The van der Waals surface area contributed by atoms with Crippen molar-refractivity contribution in [3.63, 3.8) is 0 Å². The summed E-state index contributed by atoms with van der Waals surface area (Å²) in [5.74, 6) is 1.55. The Kier molecular flexibility index (Phi) is 6.99. The van der Waals surface area contributed by atoms with Gasteiger partial charge in [0.2, 0.25) is 0 Å². The molecule has 0 bridgehead atoms. The summed E-state index contributed by atoms with van der Waals surface area (Å²) in [6, 6.07) is 6.51. The van der Waals surface area contributed by atoms with E-state index in [4.69, 9.17) is 14.2 Å². The molecular weight excluding hydrogens is 266 g/mol. The molecule has 0 aliphatic rings. The van der Waals surface area contributed by atoms with E-state index >= 15 is 0 Å². The van der Waals surface area contributed by atoms with Crippen molar-refractivity contribution in [3.05, 3.63) is 23.8 Å². The third-order valence-corrected chi connectivity index (χ3v) is 3.46. The van der Waals surface area contributed by atoms with E-state index in [2.05, 4.69) is 25.2 Å². The van der Waals surface area contributed by atoms with E-state index in [9.17, 15) is 0 Å². The van der Waals surface area contributed by atoms with Gasteiger partial charge in [-0.3, -0.25) is 0 Å². The molecule has 0 aliphatic heterocycles. The summed E-state index contributed by atoms with van der Waals surface area (Å²) in [5.41, 5.74) is 1.01. The van der Waals surface area contributed by atoms with Crippen LogP contribution in [0.4, 0.5) is 0 Å². The Morgan fingerprint density at radius 1 is 1.14 bits per heavy atom. The van der Waals surface area contributed by atoms with Crippen molar-refractivity contribution in [2.24, 2.45) is 0 Å². The molecule has 0 spiro atoms. The van der Waals surface area contributed by atoms with Gasteiger partial charge in [-0.25, -0.2) is 0 Å². The molecule has 1 N–H and O–H groups in total. The van der Waals surface area contributed by atoms with E-state index in [1.165, 1.54) is 5.56 Å². The molecule has 1 aromatic rings. The highest BCUT2D eigenvalue weighted by molar-refractivity contribution is 5.42. The topological polar surface area (TPSA) is 39.7 Å². The Morgan fingerprint density at radius 3 is 2.43 bits per heavy atom. The number of ether oxygens (including phenoxy) is 3. The largest absolute Gasteiger partial charge is 0.493 e. The predicted octanol–water partition coefficient (Wildman–Crippen LogP) is 3.39. The lowest BCUT2D eigenvalue weighted by atomic mass is 10.1. The second kappa shape index (κ2) is 8.25. The lowest BCUT2D eigenvalue weighted by Gasteiger charge is -2.23. The van der Waals surface area contributed by atoms with Gasteiger partial charge in [-0.2, -0.15) is 0 Å². The second-order valence-corrected chi connectivity index (χ2v) is 6.08. The summed E-state index contributed by atoms with van der Waals surface area (Å²) in [6.07, 6.45) is 0.823. The van der Waals surface area contributed by atoms with Crippen LogP contribution in [0.2, 0.25) is 0 Å². The molecule has 0 fully saturated rings. The van der Waals surface area contributed by atoms with Crippen LogP contribution in [-0.2, 0) is 11.3 Å². The Morgan fingerprint density at radius 2 is 1.86 bits per heavy atom. The summed E-state index contributed by atoms with van der Waals surface area (Å²) < 4.78 is 16.6. The van der Waals surface area contributed by atoms with E-state index in [0.717, 1.165) is 24.5 Å². The Hall–Kier alpha value is -1.26. The minimum Gasteiger partial charge on any atom is -0.493 e. The second-order valence-electron chi connectivity index (χ2n) is 6.08. The fraction of sp³-hybridized carbons (Fsp3) is 0.647. The Bertz CT molecular complexity index is 430. The van der Waals surface area contributed by atoms with Crippen LogP contribution in [-0.4, -0.2) is 32.5 Å². The Balaban J connectivity index is 2.62. The molecule has 0 atom stereocenters. The fourth-order valence-corrected chi connectivity index (χ4v) is 1.77. The van der Waals surface area contributed by atoms with Crippen LogP contribution in [0.15, 0.2) is 18.2 Å². The third-order valence-electron chi connectivity index (χ3n) is 3.46.